The molecule has 4 nitrogen and oxygen atoms in total. The van der Waals surface area contributed by atoms with Gasteiger partial charge < -0.3 is 19.5 Å². The third-order valence-corrected chi connectivity index (χ3v) is 2.17. The van der Waals surface area contributed by atoms with Crippen molar-refractivity contribution < 1.29 is 19.5 Å². The molecule has 0 rings (SSSR count). The molecule has 0 saturated heterocycles. The number of hydrogen-bond donors (Lipinski definition) is 1. The summed E-state index contributed by atoms with van der Waals surface area (Å²) < 4.78 is 0.983. The molecule has 0 radical (unpaired) electrons. The highest BCUT2D eigenvalue weighted by molar-refractivity contribution is 5.29. The standard InChI is InChI=1S/C7H18NO.CH2O2/c1-4-8(3,5-2)6-7-9;2-1-3/h9H,4-7H2,1-3H3;1H,(H,2,3)/q+1;/p-1. The zero-order chi connectivity index (χ0) is 10.0. The van der Waals surface area contributed by atoms with Gasteiger partial charge in [-0.15, -0.1) is 0 Å². The minimum Gasteiger partial charge on any atom is -0.554 e. The first-order valence-electron chi connectivity index (χ1n) is 4.10. The summed E-state index contributed by atoms with van der Waals surface area (Å²) in [5.41, 5.74) is 0. The number of carbonyl (C=O) groups excluding carboxylic acids is 1. The molecule has 0 aliphatic rings. The van der Waals surface area contributed by atoms with Crippen molar-refractivity contribution in [2.75, 3.05) is 33.3 Å². The van der Waals surface area contributed by atoms with Crippen LogP contribution in [-0.2, 0) is 4.79 Å². The molecule has 0 spiro atoms. The number of carbonyl (C=O) groups is 1. The highest BCUT2D eigenvalue weighted by atomic mass is 16.3. The van der Waals surface area contributed by atoms with Crippen LogP contribution in [0.15, 0.2) is 0 Å². The summed E-state index contributed by atoms with van der Waals surface area (Å²) >= 11 is 0. The van der Waals surface area contributed by atoms with Gasteiger partial charge in [0, 0.05) is 6.47 Å². The predicted octanol–water partition coefficient (Wildman–Crippen LogP) is -1.17. The lowest BCUT2D eigenvalue weighted by atomic mass is 10.4. The Morgan fingerprint density at radius 1 is 1.42 bits per heavy atom. The highest BCUT2D eigenvalue weighted by Crippen LogP contribution is 1.98. The fourth-order valence-electron chi connectivity index (χ4n) is 0.781. The van der Waals surface area contributed by atoms with Crippen LogP contribution in [0.5, 0.6) is 0 Å². The smallest absolute Gasteiger partial charge is 0.102 e. The van der Waals surface area contributed by atoms with Gasteiger partial charge in [0.1, 0.15) is 6.54 Å². The molecule has 0 aliphatic heterocycles. The van der Waals surface area contributed by atoms with E-state index in [0.29, 0.717) is 6.61 Å². The second kappa shape index (κ2) is 8.49. The lowest BCUT2D eigenvalue weighted by Gasteiger charge is -2.31. The van der Waals surface area contributed by atoms with Crippen molar-refractivity contribution in [3.8, 4) is 0 Å². The third kappa shape index (κ3) is 7.50. The molecule has 12 heavy (non-hydrogen) atoms. The Bertz CT molecular complexity index is 102. The van der Waals surface area contributed by atoms with Crippen LogP contribution in [0.2, 0.25) is 0 Å². The molecule has 0 aromatic rings. The quantitative estimate of drug-likeness (QED) is 0.435. The van der Waals surface area contributed by atoms with E-state index in [4.69, 9.17) is 15.0 Å². The van der Waals surface area contributed by atoms with Crippen LogP contribution in [0, 0.1) is 0 Å². The molecular formula is C8H19NO3. The number of aliphatic hydroxyl groups excluding tert-OH is 1. The van der Waals surface area contributed by atoms with E-state index < -0.39 is 6.47 Å². The van der Waals surface area contributed by atoms with Crippen molar-refractivity contribution in [2.24, 2.45) is 0 Å². The fraction of sp³-hybridized carbons (Fsp3) is 0.875. The number of rotatable bonds is 4. The molecule has 0 aromatic carbocycles. The second-order valence-electron chi connectivity index (χ2n) is 2.80. The van der Waals surface area contributed by atoms with Crippen molar-refractivity contribution in [3.05, 3.63) is 0 Å². The van der Waals surface area contributed by atoms with Crippen LogP contribution < -0.4 is 5.11 Å². The zero-order valence-corrected chi connectivity index (χ0v) is 8.12. The van der Waals surface area contributed by atoms with E-state index in [2.05, 4.69) is 20.9 Å². The van der Waals surface area contributed by atoms with E-state index >= 15 is 0 Å². The van der Waals surface area contributed by atoms with Crippen molar-refractivity contribution in [1.29, 1.82) is 0 Å². The second-order valence-corrected chi connectivity index (χ2v) is 2.80. The Kier molecular flexibility index (Phi) is 9.86. The van der Waals surface area contributed by atoms with Crippen LogP contribution in [-0.4, -0.2) is 49.4 Å². The van der Waals surface area contributed by atoms with Gasteiger partial charge in [0.15, 0.2) is 0 Å². The van der Waals surface area contributed by atoms with Crippen LogP contribution in [0.4, 0.5) is 0 Å². The maximum absolute atomic E-state index is 8.65. The van der Waals surface area contributed by atoms with Gasteiger partial charge in [-0.25, -0.2) is 0 Å². The van der Waals surface area contributed by atoms with E-state index in [9.17, 15) is 0 Å². The van der Waals surface area contributed by atoms with Crippen LogP contribution in [0.3, 0.4) is 0 Å². The van der Waals surface area contributed by atoms with Gasteiger partial charge in [-0.05, 0) is 13.8 Å². The van der Waals surface area contributed by atoms with Gasteiger partial charge in [-0.1, -0.05) is 0 Å². The number of likely N-dealkylation sites (N-methyl/N-ethyl adjacent to an activating group) is 1. The summed E-state index contributed by atoms with van der Waals surface area (Å²) in [5.74, 6) is 0. The molecule has 0 unspecified atom stereocenters. The van der Waals surface area contributed by atoms with E-state index in [1.54, 1.807) is 0 Å². The maximum atomic E-state index is 8.65. The number of carboxylic acid groups (broad SMARTS) is 1. The average Bonchev–Trinajstić information content (AvgIpc) is 2.06. The monoisotopic (exact) mass is 177 g/mol. The number of quaternary nitrogens is 1. The van der Waals surface area contributed by atoms with Crippen LogP contribution >= 0.6 is 0 Å². The third-order valence-electron chi connectivity index (χ3n) is 2.17. The molecule has 0 fully saturated rings. The fourth-order valence-corrected chi connectivity index (χ4v) is 0.781. The van der Waals surface area contributed by atoms with Gasteiger partial charge in [-0.3, -0.25) is 0 Å². The Morgan fingerprint density at radius 3 is 1.83 bits per heavy atom. The lowest BCUT2D eigenvalue weighted by Crippen LogP contribution is -2.45. The summed E-state index contributed by atoms with van der Waals surface area (Å²) in [6, 6.07) is 0. The first-order chi connectivity index (χ1) is 5.60. The van der Waals surface area contributed by atoms with Crippen molar-refractivity contribution in [2.45, 2.75) is 13.8 Å². The molecule has 0 bridgehead atoms. The predicted molar refractivity (Wildman–Crippen MR) is 45.3 cm³/mol. The van der Waals surface area contributed by atoms with Crippen LogP contribution in [0.25, 0.3) is 0 Å². The largest absolute Gasteiger partial charge is 0.554 e. The van der Waals surface area contributed by atoms with Crippen molar-refractivity contribution >= 4 is 6.47 Å². The first kappa shape index (κ1) is 13.9. The molecule has 74 valence electrons. The molecule has 0 atom stereocenters. The average molecular weight is 177 g/mol. The van der Waals surface area contributed by atoms with E-state index in [1.807, 2.05) is 0 Å². The Hall–Kier alpha value is -0.610. The van der Waals surface area contributed by atoms with Crippen LogP contribution in [0.1, 0.15) is 13.8 Å². The van der Waals surface area contributed by atoms with Gasteiger partial charge in [0.2, 0.25) is 0 Å². The summed E-state index contributed by atoms with van der Waals surface area (Å²) in [7, 11) is 2.16. The zero-order valence-electron chi connectivity index (χ0n) is 8.12. The normalized spacial score (nSPS) is 10.0. The highest BCUT2D eigenvalue weighted by Gasteiger charge is 2.13. The molecule has 0 heterocycles. The summed E-state index contributed by atoms with van der Waals surface area (Å²) in [6.45, 7) is 7.21. The van der Waals surface area contributed by atoms with Gasteiger partial charge in [-0.2, -0.15) is 0 Å². The molecule has 0 amide bonds. The molecule has 4 heteroatoms. The van der Waals surface area contributed by atoms with Gasteiger partial charge >= 0.3 is 0 Å². The molecule has 0 aromatic heterocycles. The van der Waals surface area contributed by atoms with Crippen molar-refractivity contribution in [1.82, 2.24) is 0 Å². The number of nitrogens with zero attached hydrogens (tertiary/aromatic N) is 1. The van der Waals surface area contributed by atoms with E-state index in [-0.39, 0.29) is 0 Å². The van der Waals surface area contributed by atoms with Crippen molar-refractivity contribution in [3.63, 3.8) is 0 Å². The lowest BCUT2D eigenvalue weighted by molar-refractivity contribution is -0.906. The summed E-state index contributed by atoms with van der Waals surface area (Å²) in [4.78, 5) is 8.25. The van der Waals surface area contributed by atoms with E-state index in [0.717, 1.165) is 24.1 Å². The number of hydrogen-bond acceptors (Lipinski definition) is 3. The Balaban J connectivity index is 0. The minimum atomic E-state index is -0.500. The molecule has 1 N–H and O–H groups in total. The maximum Gasteiger partial charge on any atom is 0.102 e. The summed E-state index contributed by atoms with van der Waals surface area (Å²) in [5, 5.41) is 16.9. The minimum absolute atomic E-state index is 0.304. The van der Waals surface area contributed by atoms with Gasteiger partial charge in [0.25, 0.3) is 0 Å². The topological polar surface area (TPSA) is 60.4 Å². The first-order valence-corrected chi connectivity index (χ1v) is 4.10. The summed E-state index contributed by atoms with van der Waals surface area (Å²) in [6.07, 6.45) is 0. The number of aliphatic hydroxyl groups is 1. The van der Waals surface area contributed by atoms with E-state index in [1.165, 1.54) is 0 Å². The molecule has 0 aliphatic carbocycles. The Morgan fingerprint density at radius 2 is 1.75 bits per heavy atom. The Labute approximate surface area is 74.0 Å². The van der Waals surface area contributed by atoms with Gasteiger partial charge in [0.05, 0.1) is 26.7 Å². The molecular weight excluding hydrogens is 158 g/mol. The SMILES string of the molecule is CC[N+](C)(CC)CCO.O=C[O-]. The molecule has 0 saturated carbocycles.